The Balaban J connectivity index is 1.61. The minimum atomic E-state index is -0.522. The van der Waals surface area contributed by atoms with Gasteiger partial charge in [-0.05, 0) is 44.5 Å². The molecule has 0 spiro atoms. The molecule has 5 nitrogen and oxygen atoms in total. The Morgan fingerprint density at radius 1 is 1.33 bits per heavy atom. The maximum Gasteiger partial charge on any atom is 0.253 e. The predicted octanol–water partition coefficient (Wildman–Crippen LogP) is 4.43. The molecule has 1 aromatic carbocycles. The van der Waals surface area contributed by atoms with Crippen LogP contribution in [-0.4, -0.2) is 38.4 Å². The lowest BCUT2D eigenvalue weighted by atomic mass is 10.1. The molecule has 0 bridgehead atoms. The number of carbonyl (C=O) groups excluding carboxylic acids is 1. The zero-order valence-electron chi connectivity index (χ0n) is 15.2. The minimum absolute atomic E-state index is 0.0364. The van der Waals surface area contributed by atoms with Gasteiger partial charge in [0.25, 0.3) is 5.91 Å². The lowest BCUT2D eigenvalue weighted by Crippen LogP contribution is -2.28. The quantitative estimate of drug-likeness (QED) is 0.668. The lowest BCUT2D eigenvalue weighted by molar-refractivity contribution is 0.0790. The van der Waals surface area contributed by atoms with Crippen LogP contribution in [0.2, 0.25) is 5.02 Å². The monoisotopic (exact) mass is 386 g/mol. The predicted molar refractivity (Wildman–Crippen MR) is 103 cm³/mol. The largest absolute Gasteiger partial charge is 0.338 e. The number of carbonyl (C=O) groups is 1. The summed E-state index contributed by atoms with van der Waals surface area (Å²) in [5, 5.41) is -0.0364. The molecular formula is C20H20ClFN4O. The van der Waals surface area contributed by atoms with E-state index in [0.29, 0.717) is 18.7 Å². The van der Waals surface area contributed by atoms with Gasteiger partial charge in [-0.3, -0.25) is 9.78 Å². The number of hydrogen-bond acceptors (Lipinski definition) is 3. The van der Waals surface area contributed by atoms with Crippen molar-refractivity contribution in [1.82, 2.24) is 19.4 Å². The summed E-state index contributed by atoms with van der Waals surface area (Å²) in [6.07, 6.45) is 4.42. The fraction of sp³-hybridized carbons (Fsp3) is 0.350. The summed E-state index contributed by atoms with van der Waals surface area (Å²) < 4.78 is 15.6. The molecule has 140 valence electrons. The Bertz CT molecular complexity index is 1020. The summed E-state index contributed by atoms with van der Waals surface area (Å²) in [5.41, 5.74) is 2.34. The number of nitrogens with zero attached hydrogens (tertiary/aromatic N) is 4. The van der Waals surface area contributed by atoms with Gasteiger partial charge in [0.2, 0.25) is 0 Å². The summed E-state index contributed by atoms with van der Waals surface area (Å²) in [6, 6.07) is 6.26. The van der Waals surface area contributed by atoms with E-state index in [1.807, 2.05) is 12.3 Å². The number of hydrogen-bond donors (Lipinski definition) is 0. The summed E-state index contributed by atoms with van der Waals surface area (Å²) in [6.45, 7) is 5.46. The first-order chi connectivity index (χ1) is 13.0. The van der Waals surface area contributed by atoms with Crippen LogP contribution in [0, 0.1) is 5.82 Å². The lowest BCUT2D eigenvalue weighted by Gasteiger charge is -2.19. The van der Waals surface area contributed by atoms with Gasteiger partial charge in [-0.1, -0.05) is 11.6 Å². The van der Waals surface area contributed by atoms with Crippen LogP contribution in [0.1, 0.15) is 48.4 Å². The molecule has 3 aromatic rings. The second kappa shape index (κ2) is 6.93. The van der Waals surface area contributed by atoms with Gasteiger partial charge in [-0.2, -0.15) is 0 Å². The van der Waals surface area contributed by atoms with Crippen LogP contribution in [0.3, 0.4) is 0 Å². The van der Waals surface area contributed by atoms with Crippen molar-refractivity contribution in [3.8, 4) is 0 Å². The first kappa shape index (κ1) is 17.9. The Hall–Kier alpha value is -2.47. The molecule has 1 fully saturated rings. The van der Waals surface area contributed by atoms with Crippen LogP contribution in [-0.2, 0) is 0 Å². The van der Waals surface area contributed by atoms with Crippen molar-refractivity contribution < 1.29 is 9.18 Å². The number of pyridine rings is 1. The SMILES string of the molecule is CC(C)n1c([C@@H]2CCN(C(=O)c3ccc(F)c(Cl)c3)C2)nc2ccncc21. The Labute approximate surface area is 161 Å². The first-order valence-corrected chi connectivity index (χ1v) is 9.39. The highest BCUT2D eigenvalue weighted by Gasteiger charge is 2.32. The summed E-state index contributed by atoms with van der Waals surface area (Å²) >= 11 is 5.82. The Kier molecular flexibility index (Phi) is 4.60. The van der Waals surface area contributed by atoms with E-state index in [1.54, 1.807) is 11.1 Å². The number of aromatic nitrogens is 3. The highest BCUT2D eigenvalue weighted by atomic mass is 35.5. The zero-order valence-corrected chi connectivity index (χ0v) is 15.9. The van der Waals surface area contributed by atoms with Crippen LogP contribution in [0.4, 0.5) is 4.39 Å². The standard InChI is InChI=1S/C20H20ClFN4O/c1-12(2)26-18-10-23-7-5-17(18)24-19(26)14-6-8-25(11-14)20(27)13-3-4-16(22)15(21)9-13/h3-5,7,9-10,12,14H,6,8,11H2,1-2H3/t14-/m1/s1. The molecule has 1 saturated heterocycles. The fourth-order valence-corrected chi connectivity index (χ4v) is 3.94. The molecule has 3 heterocycles. The molecule has 0 aliphatic carbocycles. The minimum Gasteiger partial charge on any atom is -0.338 e. The first-order valence-electron chi connectivity index (χ1n) is 9.02. The van der Waals surface area contributed by atoms with E-state index >= 15 is 0 Å². The Morgan fingerprint density at radius 2 is 2.15 bits per heavy atom. The molecule has 0 saturated carbocycles. The van der Waals surface area contributed by atoms with Crippen LogP contribution in [0.15, 0.2) is 36.7 Å². The topological polar surface area (TPSA) is 51.0 Å². The van der Waals surface area contributed by atoms with Crippen molar-refractivity contribution in [3.05, 3.63) is 58.9 Å². The third-order valence-corrected chi connectivity index (χ3v) is 5.33. The van der Waals surface area contributed by atoms with Crippen LogP contribution in [0.25, 0.3) is 11.0 Å². The van der Waals surface area contributed by atoms with Crippen molar-refractivity contribution in [2.24, 2.45) is 0 Å². The summed E-state index contributed by atoms with van der Waals surface area (Å²) in [5.74, 6) is 0.486. The smallest absolute Gasteiger partial charge is 0.253 e. The van der Waals surface area contributed by atoms with Gasteiger partial charge in [0, 0.05) is 36.8 Å². The molecule has 4 rings (SSSR count). The van der Waals surface area contributed by atoms with Crippen LogP contribution in [0.5, 0.6) is 0 Å². The highest BCUT2D eigenvalue weighted by molar-refractivity contribution is 6.31. The molecule has 1 atom stereocenters. The average molecular weight is 387 g/mol. The number of fused-ring (bicyclic) bond motifs is 1. The molecule has 1 amide bonds. The van der Waals surface area contributed by atoms with Crippen molar-refractivity contribution in [2.45, 2.75) is 32.2 Å². The highest BCUT2D eigenvalue weighted by Crippen LogP contribution is 2.32. The molecule has 0 unspecified atom stereocenters. The van der Waals surface area contributed by atoms with E-state index in [4.69, 9.17) is 16.6 Å². The number of rotatable bonds is 3. The molecular weight excluding hydrogens is 367 g/mol. The third-order valence-electron chi connectivity index (χ3n) is 5.04. The van der Waals surface area contributed by atoms with E-state index in [-0.39, 0.29) is 22.9 Å². The number of benzene rings is 1. The number of halogens is 2. The molecule has 27 heavy (non-hydrogen) atoms. The molecule has 0 N–H and O–H groups in total. The number of amides is 1. The summed E-state index contributed by atoms with van der Waals surface area (Å²) in [4.78, 5) is 23.6. The van der Waals surface area contributed by atoms with Gasteiger partial charge in [-0.25, -0.2) is 9.37 Å². The van der Waals surface area contributed by atoms with Crippen LogP contribution < -0.4 is 0 Å². The second-order valence-corrected chi connectivity index (χ2v) is 7.57. The van der Waals surface area contributed by atoms with Crippen molar-refractivity contribution in [3.63, 3.8) is 0 Å². The molecule has 1 aliphatic heterocycles. The van der Waals surface area contributed by atoms with Crippen molar-refractivity contribution >= 4 is 28.5 Å². The maximum absolute atomic E-state index is 13.4. The van der Waals surface area contributed by atoms with Crippen LogP contribution >= 0.6 is 11.6 Å². The van der Waals surface area contributed by atoms with Gasteiger partial charge in [-0.15, -0.1) is 0 Å². The van der Waals surface area contributed by atoms with Gasteiger partial charge < -0.3 is 9.47 Å². The van der Waals surface area contributed by atoms with E-state index in [2.05, 4.69) is 23.4 Å². The van der Waals surface area contributed by atoms with Gasteiger partial charge in [0.05, 0.1) is 22.3 Å². The maximum atomic E-state index is 13.4. The summed E-state index contributed by atoms with van der Waals surface area (Å²) in [7, 11) is 0. The Morgan fingerprint density at radius 3 is 2.89 bits per heavy atom. The van der Waals surface area contributed by atoms with Crippen molar-refractivity contribution in [2.75, 3.05) is 13.1 Å². The average Bonchev–Trinajstić information content (AvgIpc) is 3.27. The van der Waals surface area contributed by atoms with Crippen molar-refractivity contribution in [1.29, 1.82) is 0 Å². The van der Waals surface area contributed by atoms with E-state index in [1.165, 1.54) is 18.2 Å². The molecule has 0 radical (unpaired) electrons. The number of likely N-dealkylation sites (tertiary alicyclic amines) is 1. The molecule has 7 heteroatoms. The van der Waals surface area contributed by atoms with E-state index in [0.717, 1.165) is 23.3 Å². The van der Waals surface area contributed by atoms with E-state index < -0.39 is 5.82 Å². The normalized spacial score (nSPS) is 17.2. The van der Waals surface area contributed by atoms with Gasteiger partial charge in [0.15, 0.2) is 0 Å². The molecule has 2 aromatic heterocycles. The number of imidazole rings is 1. The van der Waals surface area contributed by atoms with E-state index in [9.17, 15) is 9.18 Å². The fourth-order valence-electron chi connectivity index (χ4n) is 3.76. The second-order valence-electron chi connectivity index (χ2n) is 7.16. The van der Waals surface area contributed by atoms with Gasteiger partial charge in [0.1, 0.15) is 11.6 Å². The van der Waals surface area contributed by atoms with Gasteiger partial charge >= 0.3 is 0 Å². The molecule has 1 aliphatic rings. The third kappa shape index (κ3) is 3.18. The zero-order chi connectivity index (χ0) is 19.1.